The molecule has 4 heteroatoms. The molecule has 0 radical (unpaired) electrons. The van der Waals surface area contributed by atoms with Gasteiger partial charge >= 0.3 is 6.03 Å². The lowest BCUT2D eigenvalue weighted by Crippen LogP contribution is -2.55. The van der Waals surface area contributed by atoms with Crippen LogP contribution in [0.1, 0.15) is 57.8 Å². The number of hydrogen-bond acceptors (Lipinski definition) is 2. The van der Waals surface area contributed by atoms with Crippen molar-refractivity contribution in [3.8, 4) is 0 Å². The predicted molar refractivity (Wildman–Crippen MR) is 71.5 cm³/mol. The van der Waals surface area contributed by atoms with Gasteiger partial charge in [-0.15, -0.1) is 0 Å². The summed E-state index contributed by atoms with van der Waals surface area (Å²) in [7, 11) is 0. The standard InChI is InChI=1S/C14H23N3O/c15-12-14(8-4-2-1-3-5-9-14)17(13(18)16-12)10-11-6-7-11/h11H,1-10H2,(H2,15,16,18). The number of nitrogens with two attached hydrogens (primary N) is 1. The second-order valence-electron chi connectivity index (χ2n) is 6.13. The first-order valence-electron chi connectivity index (χ1n) is 7.39. The number of aliphatic imine (C=N–C) groups is 1. The van der Waals surface area contributed by atoms with E-state index in [1.807, 2.05) is 4.90 Å². The third kappa shape index (κ3) is 2.02. The van der Waals surface area contributed by atoms with E-state index >= 15 is 0 Å². The fraction of sp³-hybridized carbons (Fsp3) is 0.857. The van der Waals surface area contributed by atoms with E-state index in [1.54, 1.807) is 0 Å². The minimum absolute atomic E-state index is 0.0834. The van der Waals surface area contributed by atoms with Gasteiger partial charge in [-0.3, -0.25) is 0 Å². The molecule has 1 heterocycles. The molecule has 4 nitrogen and oxygen atoms in total. The normalized spacial score (nSPS) is 28.1. The molecule has 3 rings (SSSR count). The Morgan fingerprint density at radius 1 is 1.17 bits per heavy atom. The Balaban J connectivity index is 1.82. The van der Waals surface area contributed by atoms with Gasteiger partial charge in [-0.05, 0) is 31.6 Å². The zero-order chi connectivity index (χ0) is 12.6. The molecule has 0 aromatic carbocycles. The van der Waals surface area contributed by atoms with Gasteiger partial charge in [0.25, 0.3) is 0 Å². The molecule has 3 aliphatic rings. The Morgan fingerprint density at radius 3 is 2.39 bits per heavy atom. The molecule has 1 aliphatic heterocycles. The topological polar surface area (TPSA) is 58.7 Å². The Labute approximate surface area is 109 Å². The molecule has 18 heavy (non-hydrogen) atoms. The van der Waals surface area contributed by atoms with E-state index in [2.05, 4.69) is 4.99 Å². The first-order chi connectivity index (χ1) is 8.72. The Kier molecular flexibility index (Phi) is 3.04. The van der Waals surface area contributed by atoms with Gasteiger partial charge in [-0.1, -0.05) is 32.1 Å². The Hall–Kier alpha value is -1.06. The highest BCUT2D eigenvalue weighted by Gasteiger charge is 2.48. The summed E-state index contributed by atoms with van der Waals surface area (Å²) >= 11 is 0. The molecule has 2 fully saturated rings. The summed E-state index contributed by atoms with van der Waals surface area (Å²) in [4.78, 5) is 18.2. The summed E-state index contributed by atoms with van der Waals surface area (Å²) in [5, 5.41) is 0. The maximum atomic E-state index is 12.1. The van der Waals surface area contributed by atoms with Crippen LogP contribution in [-0.4, -0.2) is 28.9 Å². The molecule has 2 aliphatic carbocycles. The van der Waals surface area contributed by atoms with Crippen LogP contribution in [-0.2, 0) is 0 Å². The summed E-state index contributed by atoms with van der Waals surface area (Å²) in [5.74, 6) is 1.30. The van der Waals surface area contributed by atoms with Gasteiger partial charge in [-0.2, -0.15) is 4.99 Å². The van der Waals surface area contributed by atoms with Gasteiger partial charge in [0, 0.05) is 6.54 Å². The van der Waals surface area contributed by atoms with Crippen molar-refractivity contribution < 1.29 is 4.79 Å². The summed E-state index contributed by atoms with van der Waals surface area (Å²) in [6, 6.07) is -0.0834. The van der Waals surface area contributed by atoms with Crippen molar-refractivity contribution in [2.24, 2.45) is 16.6 Å². The minimum Gasteiger partial charge on any atom is -0.385 e. The van der Waals surface area contributed by atoms with Crippen molar-refractivity contribution in [3.05, 3.63) is 0 Å². The number of carbonyl (C=O) groups is 1. The molecule has 0 atom stereocenters. The zero-order valence-electron chi connectivity index (χ0n) is 11.0. The summed E-state index contributed by atoms with van der Waals surface area (Å²) < 4.78 is 0. The van der Waals surface area contributed by atoms with Gasteiger partial charge in [0.15, 0.2) is 0 Å². The molecular formula is C14H23N3O. The highest BCUT2D eigenvalue weighted by Crippen LogP contribution is 2.39. The van der Waals surface area contributed by atoms with E-state index in [4.69, 9.17) is 5.73 Å². The number of carbonyl (C=O) groups excluding carboxylic acids is 1. The average Bonchev–Trinajstić information content (AvgIpc) is 3.06. The lowest BCUT2D eigenvalue weighted by Gasteiger charge is -2.39. The molecule has 0 unspecified atom stereocenters. The second-order valence-corrected chi connectivity index (χ2v) is 6.13. The molecule has 2 N–H and O–H groups in total. The molecule has 100 valence electrons. The minimum atomic E-state index is -0.222. The van der Waals surface area contributed by atoms with Crippen molar-refractivity contribution in [3.63, 3.8) is 0 Å². The van der Waals surface area contributed by atoms with E-state index in [9.17, 15) is 4.79 Å². The van der Waals surface area contributed by atoms with Crippen molar-refractivity contribution in [1.82, 2.24) is 4.90 Å². The van der Waals surface area contributed by atoms with Crippen LogP contribution in [0.25, 0.3) is 0 Å². The van der Waals surface area contributed by atoms with E-state index < -0.39 is 0 Å². The quantitative estimate of drug-likeness (QED) is 0.818. The Morgan fingerprint density at radius 2 is 1.78 bits per heavy atom. The van der Waals surface area contributed by atoms with Gasteiger partial charge in [0.2, 0.25) is 0 Å². The molecule has 0 saturated heterocycles. The predicted octanol–water partition coefficient (Wildman–Crippen LogP) is 2.67. The molecule has 0 bridgehead atoms. The summed E-state index contributed by atoms with van der Waals surface area (Å²) in [5.41, 5.74) is 5.91. The van der Waals surface area contributed by atoms with E-state index in [0.717, 1.165) is 19.4 Å². The molecule has 0 aromatic heterocycles. The molecule has 0 aromatic rings. The number of amides is 2. The van der Waals surface area contributed by atoms with Gasteiger partial charge < -0.3 is 10.6 Å². The average molecular weight is 249 g/mol. The largest absolute Gasteiger partial charge is 0.385 e. The van der Waals surface area contributed by atoms with Crippen LogP contribution in [0.5, 0.6) is 0 Å². The van der Waals surface area contributed by atoms with Crippen LogP contribution < -0.4 is 5.73 Å². The molecule has 2 saturated carbocycles. The first kappa shape index (κ1) is 12.0. The summed E-state index contributed by atoms with van der Waals surface area (Å²) in [6.07, 6.45) is 10.8. The van der Waals surface area contributed by atoms with Crippen LogP contribution in [0, 0.1) is 5.92 Å². The number of urea groups is 1. The molecule has 2 amide bonds. The number of hydrogen-bond donors (Lipinski definition) is 1. The third-order valence-corrected chi connectivity index (χ3v) is 4.76. The van der Waals surface area contributed by atoms with E-state index in [0.29, 0.717) is 11.8 Å². The van der Waals surface area contributed by atoms with E-state index in [-0.39, 0.29) is 11.6 Å². The fourth-order valence-electron chi connectivity index (χ4n) is 3.42. The van der Waals surface area contributed by atoms with Crippen LogP contribution in [0.3, 0.4) is 0 Å². The maximum absolute atomic E-state index is 12.1. The first-order valence-corrected chi connectivity index (χ1v) is 7.39. The highest BCUT2D eigenvalue weighted by molar-refractivity contribution is 6.05. The lowest BCUT2D eigenvalue weighted by molar-refractivity contribution is 0.146. The van der Waals surface area contributed by atoms with Crippen LogP contribution in [0.4, 0.5) is 4.79 Å². The fourth-order valence-corrected chi connectivity index (χ4v) is 3.42. The molecular weight excluding hydrogens is 226 g/mol. The Bertz CT molecular complexity index is 365. The number of rotatable bonds is 2. The SMILES string of the molecule is NC1=NC(=O)N(CC2CC2)C12CCCCCCC2. The maximum Gasteiger partial charge on any atom is 0.346 e. The van der Waals surface area contributed by atoms with Gasteiger partial charge in [0.1, 0.15) is 11.4 Å². The smallest absolute Gasteiger partial charge is 0.346 e. The van der Waals surface area contributed by atoms with Crippen molar-refractivity contribution >= 4 is 11.9 Å². The zero-order valence-corrected chi connectivity index (χ0v) is 11.0. The third-order valence-electron chi connectivity index (χ3n) is 4.76. The van der Waals surface area contributed by atoms with Crippen molar-refractivity contribution in [2.45, 2.75) is 63.3 Å². The van der Waals surface area contributed by atoms with Crippen LogP contribution in [0.15, 0.2) is 4.99 Å². The highest BCUT2D eigenvalue weighted by atomic mass is 16.2. The number of nitrogens with zero attached hydrogens (tertiary/aromatic N) is 2. The lowest BCUT2D eigenvalue weighted by atomic mass is 9.82. The number of amidine groups is 1. The molecule has 1 spiro atoms. The van der Waals surface area contributed by atoms with E-state index in [1.165, 1.54) is 44.9 Å². The monoisotopic (exact) mass is 249 g/mol. The van der Waals surface area contributed by atoms with Crippen LogP contribution >= 0.6 is 0 Å². The van der Waals surface area contributed by atoms with Gasteiger partial charge in [0.05, 0.1) is 0 Å². The second kappa shape index (κ2) is 4.56. The van der Waals surface area contributed by atoms with Crippen molar-refractivity contribution in [1.29, 1.82) is 0 Å². The van der Waals surface area contributed by atoms with Gasteiger partial charge in [-0.25, -0.2) is 4.79 Å². The van der Waals surface area contributed by atoms with Crippen molar-refractivity contribution in [2.75, 3.05) is 6.54 Å². The summed E-state index contributed by atoms with van der Waals surface area (Å²) in [6.45, 7) is 0.878. The van der Waals surface area contributed by atoms with Crippen LogP contribution in [0.2, 0.25) is 0 Å².